The van der Waals surface area contributed by atoms with E-state index >= 15 is 0 Å². The minimum absolute atomic E-state index is 0.0308. The second-order valence-electron chi connectivity index (χ2n) is 5.84. The smallest absolute Gasteiger partial charge is 0.259 e. The molecule has 2 aromatic heterocycles. The molecule has 4 rings (SSSR count). The second kappa shape index (κ2) is 7.00. The van der Waals surface area contributed by atoms with Crippen LogP contribution in [-0.2, 0) is 11.3 Å². The molecular weight excluding hydrogens is 350 g/mol. The second-order valence-corrected chi connectivity index (χ2v) is 7.99. The van der Waals surface area contributed by atoms with Crippen LogP contribution < -0.4 is 10.6 Å². The number of nitrogens with zero attached hydrogens (tertiary/aromatic N) is 1. The maximum absolute atomic E-state index is 12.2. The molecule has 6 heteroatoms. The van der Waals surface area contributed by atoms with E-state index in [1.54, 1.807) is 17.5 Å². The molecule has 1 fully saturated rings. The monoisotopic (exact) mass is 367 g/mol. The lowest BCUT2D eigenvalue weighted by Gasteiger charge is -2.10. The number of hydrogen-bond acceptors (Lipinski definition) is 5. The lowest BCUT2D eigenvalue weighted by Crippen LogP contribution is -2.36. The Balaban J connectivity index is 1.47. The Morgan fingerprint density at radius 1 is 1.32 bits per heavy atom. The standard InChI is InChI=1S/C19H17N3OS2/c1-12-6-8-24-17(12)11-21-19-22-18(23)16(25-19)10-13-4-5-15-14(9-13)3-2-7-20-15/h2-10,19,21H,11H2,1H3,(H,22,23)/b16-10-. The predicted octanol–water partition coefficient (Wildman–Crippen LogP) is 3.88. The van der Waals surface area contributed by atoms with E-state index in [4.69, 9.17) is 0 Å². The van der Waals surface area contributed by atoms with Gasteiger partial charge in [-0.15, -0.1) is 11.3 Å². The Labute approximate surface area is 154 Å². The van der Waals surface area contributed by atoms with Crippen molar-refractivity contribution in [1.29, 1.82) is 0 Å². The minimum Gasteiger partial charge on any atom is -0.327 e. The van der Waals surface area contributed by atoms with Crippen molar-refractivity contribution in [3.63, 3.8) is 0 Å². The van der Waals surface area contributed by atoms with Crippen LogP contribution >= 0.6 is 23.1 Å². The van der Waals surface area contributed by atoms with Gasteiger partial charge in [-0.05, 0) is 53.8 Å². The van der Waals surface area contributed by atoms with Gasteiger partial charge in [-0.1, -0.05) is 23.9 Å². The Bertz CT molecular complexity index is 964. The Morgan fingerprint density at radius 3 is 3.08 bits per heavy atom. The predicted molar refractivity (Wildman–Crippen MR) is 105 cm³/mol. The molecule has 1 aliphatic rings. The molecule has 0 aliphatic carbocycles. The zero-order valence-electron chi connectivity index (χ0n) is 13.7. The van der Waals surface area contributed by atoms with Crippen LogP contribution in [0.15, 0.2) is 52.9 Å². The van der Waals surface area contributed by atoms with Crippen LogP contribution in [0.4, 0.5) is 0 Å². The van der Waals surface area contributed by atoms with Gasteiger partial charge in [0.2, 0.25) is 0 Å². The molecular formula is C19H17N3OS2. The van der Waals surface area contributed by atoms with Crippen molar-refractivity contribution in [3.05, 3.63) is 68.9 Å². The SMILES string of the molecule is Cc1ccsc1CNC1NC(=O)/C(=C/c2ccc3ncccc3c2)S1. The number of thiophene rings is 1. The number of fused-ring (bicyclic) bond motifs is 1. The van der Waals surface area contributed by atoms with E-state index in [2.05, 4.69) is 40.1 Å². The lowest BCUT2D eigenvalue weighted by molar-refractivity contribution is -0.116. The summed E-state index contributed by atoms with van der Waals surface area (Å²) in [4.78, 5) is 18.6. The van der Waals surface area contributed by atoms with Crippen molar-refractivity contribution in [2.45, 2.75) is 19.0 Å². The first-order valence-electron chi connectivity index (χ1n) is 7.99. The molecule has 1 aliphatic heterocycles. The first-order valence-corrected chi connectivity index (χ1v) is 9.75. The highest BCUT2D eigenvalue weighted by Crippen LogP contribution is 2.29. The number of aryl methyl sites for hydroxylation is 1. The van der Waals surface area contributed by atoms with Gasteiger partial charge < -0.3 is 5.32 Å². The van der Waals surface area contributed by atoms with Crippen molar-refractivity contribution in [2.24, 2.45) is 0 Å². The van der Waals surface area contributed by atoms with E-state index in [0.29, 0.717) is 0 Å². The maximum atomic E-state index is 12.2. The van der Waals surface area contributed by atoms with Gasteiger partial charge in [-0.3, -0.25) is 15.1 Å². The van der Waals surface area contributed by atoms with E-state index in [1.165, 1.54) is 22.2 Å². The van der Waals surface area contributed by atoms with Crippen molar-refractivity contribution in [3.8, 4) is 0 Å². The number of benzene rings is 1. The van der Waals surface area contributed by atoms with Crippen molar-refractivity contribution in [1.82, 2.24) is 15.6 Å². The average molecular weight is 367 g/mol. The molecule has 126 valence electrons. The fourth-order valence-electron chi connectivity index (χ4n) is 2.70. The zero-order valence-corrected chi connectivity index (χ0v) is 15.3. The van der Waals surface area contributed by atoms with Gasteiger partial charge in [-0.2, -0.15) is 0 Å². The van der Waals surface area contributed by atoms with E-state index < -0.39 is 0 Å². The summed E-state index contributed by atoms with van der Waals surface area (Å²) in [6.07, 6.45) is 3.72. The number of nitrogens with one attached hydrogen (secondary N) is 2. The summed E-state index contributed by atoms with van der Waals surface area (Å²) in [5.74, 6) is -0.0308. The Kier molecular flexibility index (Phi) is 4.57. The van der Waals surface area contributed by atoms with Crippen LogP contribution in [0.3, 0.4) is 0 Å². The summed E-state index contributed by atoms with van der Waals surface area (Å²) in [5, 5.41) is 9.53. The molecule has 4 nitrogen and oxygen atoms in total. The van der Waals surface area contributed by atoms with Crippen LogP contribution in [0.25, 0.3) is 17.0 Å². The van der Waals surface area contributed by atoms with Gasteiger partial charge >= 0.3 is 0 Å². The van der Waals surface area contributed by atoms with Gasteiger partial charge in [0.15, 0.2) is 0 Å². The topological polar surface area (TPSA) is 54.0 Å². The van der Waals surface area contributed by atoms with E-state index in [-0.39, 0.29) is 11.4 Å². The summed E-state index contributed by atoms with van der Waals surface area (Å²) in [5.41, 5.74) is 3.15. The van der Waals surface area contributed by atoms with Crippen LogP contribution in [0.2, 0.25) is 0 Å². The quantitative estimate of drug-likeness (QED) is 0.687. The molecule has 1 aromatic carbocycles. The summed E-state index contributed by atoms with van der Waals surface area (Å²) in [7, 11) is 0. The van der Waals surface area contributed by atoms with Crippen molar-refractivity contribution >= 4 is 46.0 Å². The van der Waals surface area contributed by atoms with E-state index in [0.717, 1.165) is 27.9 Å². The molecule has 2 N–H and O–H groups in total. The van der Waals surface area contributed by atoms with Crippen molar-refractivity contribution < 1.29 is 4.79 Å². The third kappa shape index (κ3) is 3.61. The first kappa shape index (κ1) is 16.3. The molecule has 3 aromatic rings. The third-order valence-corrected chi connectivity index (χ3v) is 6.17. The van der Waals surface area contributed by atoms with Crippen molar-refractivity contribution in [2.75, 3.05) is 0 Å². The normalized spacial score (nSPS) is 18.8. The summed E-state index contributed by atoms with van der Waals surface area (Å²) >= 11 is 3.26. The Morgan fingerprint density at radius 2 is 2.24 bits per heavy atom. The third-order valence-electron chi connectivity index (χ3n) is 4.07. The lowest BCUT2D eigenvalue weighted by atomic mass is 10.1. The molecule has 0 saturated carbocycles. The van der Waals surface area contributed by atoms with Crippen LogP contribution in [0.1, 0.15) is 16.0 Å². The maximum Gasteiger partial charge on any atom is 0.259 e. The number of thioether (sulfide) groups is 1. The highest BCUT2D eigenvalue weighted by Gasteiger charge is 2.26. The molecule has 3 heterocycles. The van der Waals surface area contributed by atoms with Gasteiger partial charge in [-0.25, -0.2) is 0 Å². The zero-order chi connectivity index (χ0) is 17.2. The number of pyridine rings is 1. The molecule has 0 spiro atoms. The number of hydrogen-bond donors (Lipinski definition) is 2. The van der Waals surface area contributed by atoms with Crippen LogP contribution in [0.5, 0.6) is 0 Å². The van der Waals surface area contributed by atoms with Gasteiger partial charge in [0.05, 0.1) is 10.4 Å². The fourth-order valence-corrected chi connectivity index (χ4v) is 4.51. The van der Waals surface area contributed by atoms with Gasteiger partial charge in [0, 0.05) is 23.0 Å². The van der Waals surface area contributed by atoms with Gasteiger partial charge in [0.25, 0.3) is 5.91 Å². The minimum atomic E-state index is -0.0950. The molecule has 25 heavy (non-hydrogen) atoms. The van der Waals surface area contributed by atoms with Crippen LogP contribution in [-0.4, -0.2) is 16.4 Å². The highest BCUT2D eigenvalue weighted by atomic mass is 32.2. The number of rotatable bonds is 4. The van der Waals surface area contributed by atoms with Gasteiger partial charge in [0.1, 0.15) is 5.50 Å². The highest BCUT2D eigenvalue weighted by molar-refractivity contribution is 8.05. The number of carbonyl (C=O) groups excluding carboxylic acids is 1. The largest absolute Gasteiger partial charge is 0.327 e. The Hall–Kier alpha value is -2.15. The van der Waals surface area contributed by atoms with Crippen LogP contribution in [0, 0.1) is 6.92 Å². The molecule has 1 amide bonds. The molecule has 1 saturated heterocycles. The average Bonchev–Trinajstić information content (AvgIpc) is 3.18. The number of aromatic nitrogens is 1. The molecule has 1 atom stereocenters. The summed E-state index contributed by atoms with van der Waals surface area (Å²) < 4.78 is 0. The molecule has 0 bridgehead atoms. The number of carbonyl (C=O) groups is 1. The summed E-state index contributed by atoms with van der Waals surface area (Å²) in [6, 6.07) is 12.1. The number of amides is 1. The molecule has 1 unspecified atom stereocenters. The van der Waals surface area contributed by atoms with E-state index in [9.17, 15) is 4.79 Å². The first-order chi connectivity index (χ1) is 12.2. The fraction of sp³-hybridized carbons (Fsp3) is 0.158. The van der Waals surface area contributed by atoms with E-state index in [1.807, 2.05) is 30.3 Å². The molecule has 0 radical (unpaired) electrons. The summed E-state index contributed by atoms with van der Waals surface area (Å²) in [6.45, 7) is 2.87.